The van der Waals surface area contributed by atoms with Gasteiger partial charge in [0.2, 0.25) is 5.91 Å². The second kappa shape index (κ2) is 9.96. The van der Waals surface area contributed by atoms with Gasteiger partial charge in [0.25, 0.3) is 0 Å². The lowest BCUT2D eigenvalue weighted by Crippen LogP contribution is -2.49. The number of nitriles is 1. The van der Waals surface area contributed by atoms with E-state index < -0.39 is 5.54 Å². The van der Waals surface area contributed by atoms with E-state index in [1.165, 1.54) is 11.8 Å². The third-order valence-electron chi connectivity index (χ3n) is 5.47. The van der Waals surface area contributed by atoms with Crippen molar-refractivity contribution < 1.29 is 4.79 Å². The molecular formula is C24H28N6OS. The third kappa shape index (κ3) is 5.00. The number of hydrogen-bond donors (Lipinski definition) is 1. The molecule has 166 valence electrons. The van der Waals surface area contributed by atoms with Crippen molar-refractivity contribution in [2.45, 2.75) is 51.2 Å². The van der Waals surface area contributed by atoms with E-state index in [1.807, 2.05) is 48.7 Å². The molecule has 7 nitrogen and oxygen atoms in total. The molecule has 0 aliphatic carbocycles. The van der Waals surface area contributed by atoms with E-state index in [9.17, 15) is 10.1 Å². The number of aromatic nitrogens is 4. The minimum absolute atomic E-state index is 0.0137. The van der Waals surface area contributed by atoms with Crippen molar-refractivity contribution in [2.24, 2.45) is 5.92 Å². The summed E-state index contributed by atoms with van der Waals surface area (Å²) in [5.74, 6) is 0.846. The van der Waals surface area contributed by atoms with Crippen molar-refractivity contribution in [1.29, 1.82) is 5.26 Å². The van der Waals surface area contributed by atoms with Gasteiger partial charge in [-0.05, 0) is 42.5 Å². The van der Waals surface area contributed by atoms with Gasteiger partial charge in [-0.3, -0.25) is 14.3 Å². The Bertz CT molecular complexity index is 1120. The first kappa shape index (κ1) is 23.5. The number of carbonyl (C=O) groups is 1. The van der Waals surface area contributed by atoms with Gasteiger partial charge in [0.15, 0.2) is 11.0 Å². The molecule has 0 radical (unpaired) electrons. The van der Waals surface area contributed by atoms with Gasteiger partial charge in [-0.25, -0.2) is 0 Å². The van der Waals surface area contributed by atoms with Crippen molar-refractivity contribution in [3.8, 4) is 23.1 Å². The minimum Gasteiger partial charge on any atom is -0.337 e. The number of nitrogens with zero attached hydrogens (tertiary/aromatic N) is 5. The topological polar surface area (TPSA) is 96.5 Å². The SMILES string of the molecule is CC(C)c1ccccc1-n1c(SCC(=O)N[C@](C)(C#N)C(C)C)nnc1-c1cccnc1. The van der Waals surface area contributed by atoms with Gasteiger partial charge >= 0.3 is 0 Å². The fourth-order valence-corrected chi connectivity index (χ4v) is 3.94. The summed E-state index contributed by atoms with van der Waals surface area (Å²) in [6, 6.07) is 14.1. The van der Waals surface area contributed by atoms with Crippen LogP contribution in [0.25, 0.3) is 17.1 Å². The fourth-order valence-electron chi connectivity index (χ4n) is 3.20. The predicted molar refractivity (Wildman–Crippen MR) is 126 cm³/mol. The van der Waals surface area contributed by atoms with Crippen molar-refractivity contribution in [1.82, 2.24) is 25.1 Å². The predicted octanol–water partition coefficient (Wildman–Crippen LogP) is 4.60. The third-order valence-corrected chi connectivity index (χ3v) is 6.40. The largest absolute Gasteiger partial charge is 0.337 e. The lowest BCUT2D eigenvalue weighted by molar-refractivity contribution is -0.120. The second-order valence-electron chi connectivity index (χ2n) is 8.40. The molecule has 0 spiro atoms. The quantitative estimate of drug-likeness (QED) is 0.506. The van der Waals surface area contributed by atoms with Crippen molar-refractivity contribution >= 4 is 17.7 Å². The first-order valence-electron chi connectivity index (χ1n) is 10.6. The zero-order valence-electron chi connectivity index (χ0n) is 19.0. The number of benzene rings is 1. The summed E-state index contributed by atoms with van der Waals surface area (Å²) in [6.45, 7) is 9.85. The maximum absolute atomic E-state index is 12.6. The standard InChI is InChI=1S/C24H28N6OS/c1-16(2)19-10-6-7-11-20(19)30-22(18-9-8-12-26-13-18)28-29-23(30)32-14-21(31)27-24(5,15-25)17(3)4/h6-13,16-17H,14H2,1-5H3,(H,27,31)/t24-/m1/s1. The van der Waals surface area contributed by atoms with Crippen LogP contribution in [-0.2, 0) is 4.79 Å². The molecular weight excluding hydrogens is 420 g/mol. The van der Waals surface area contributed by atoms with Crippen LogP contribution in [0.2, 0.25) is 0 Å². The van der Waals surface area contributed by atoms with Gasteiger partial charge in [-0.1, -0.05) is 57.7 Å². The molecule has 3 aromatic rings. The Labute approximate surface area is 193 Å². The molecule has 0 bridgehead atoms. The lowest BCUT2D eigenvalue weighted by atomic mass is 9.90. The molecule has 0 saturated carbocycles. The van der Waals surface area contributed by atoms with E-state index in [0.717, 1.165) is 16.8 Å². The summed E-state index contributed by atoms with van der Waals surface area (Å²) in [5, 5.41) is 21.8. The Balaban J connectivity index is 1.97. The normalized spacial score (nSPS) is 13.1. The molecule has 1 aromatic carbocycles. The Morgan fingerprint density at radius 2 is 1.94 bits per heavy atom. The van der Waals surface area contributed by atoms with E-state index in [1.54, 1.807) is 19.3 Å². The van der Waals surface area contributed by atoms with Crippen LogP contribution < -0.4 is 5.32 Å². The zero-order valence-corrected chi connectivity index (χ0v) is 19.8. The number of pyridine rings is 1. The summed E-state index contributed by atoms with van der Waals surface area (Å²) < 4.78 is 1.98. The Kier molecular flexibility index (Phi) is 7.31. The monoisotopic (exact) mass is 448 g/mol. The van der Waals surface area contributed by atoms with Gasteiger partial charge in [-0.15, -0.1) is 10.2 Å². The molecule has 1 N–H and O–H groups in total. The number of thioether (sulfide) groups is 1. The number of hydrogen-bond acceptors (Lipinski definition) is 6. The van der Waals surface area contributed by atoms with Gasteiger partial charge in [0.05, 0.1) is 17.5 Å². The number of amides is 1. The van der Waals surface area contributed by atoms with Crippen LogP contribution in [0.3, 0.4) is 0 Å². The van der Waals surface area contributed by atoms with E-state index in [0.29, 0.717) is 16.9 Å². The minimum atomic E-state index is -0.920. The molecule has 2 aromatic heterocycles. The average Bonchev–Trinajstić information content (AvgIpc) is 3.21. The van der Waals surface area contributed by atoms with E-state index in [-0.39, 0.29) is 17.6 Å². The highest BCUT2D eigenvalue weighted by Crippen LogP contribution is 2.32. The molecule has 8 heteroatoms. The fraction of sp³-hybridized carbons (Fsp3) is 0.375. The average molecular weight is 449 g/mol. The van der Waals surface area contributed by atoms with Crippen LogP contribution in [0.4, 0.5) is 0 Å². The van der Waals surface area contributed by atoms with E-state index in [2.05, 4.69) is 46.5 Å². The van der Waals surface area contributed by atoms with Crippen LogP contribution in [0, 0.1) is 17.2 Å². The van der Waals surface area contributed by atoms with Crippen LogP contribution in [0.15, 0.2) is 53.9 Å². The molecule has 0 aliphatic rings. The van der Waals surface area contributed by atoms with Crippen LogP contribution in [0.1, 0.15) is 46.1 Å². The summed E-state index contributed by atoms with van der Waals surface area (Å²) in [5.41, 5.74) is 2.04. The molecule has 0 saturated heterocycles. The smallest absolute Gasteiger partial charge is 0.231 e. The molecule has 1 atom stereocenters. The first-order chi connectivity index (χ1) is 15.3. The van der Waals surface area contributed by atoms with Gasteiger partial charge < -0.3 is 5.32 Å². The van der Waals surface area contributed by atoms with Crippen molar-refractivity contribution in [2.75, 3.05) is 5.75 Å². The Hall–Kier alpha value is -3.18. The number of carbonyl (C=O) groups excluding carboxylic acids is 1. The lowest BCUT2D eigenvalue weighted by Gasteiger charge is -2.27. The Morgan fingerprint density at radius 3 is 2.56 bits per heavy atom. The zero-order chi connectivity index (χ0) is 23.3. The summed E-state index contributed by atoms with van der Waals surface area (Å²) >= 11 is 1.30. The second-order valence-corrected chi connectivity index (χ2v) is 9.35. The molecule has 2 heterocycles. The van der Waals surface area contributed by atoms with Crippen LogP contribution >= 0.6 is 11.8 Å². The van der Waals surface area contributed by atoms with Gasteiger partial charge in [0, 0.05) is 18.0 Å². The summed E-state index contributed by atoms with van der Waals surface area (Å²) in [6.07, 6.45) is 3.47. The van der Waals surface area contributed by atoms with Crippen molar-refractivity contribution in [3.63, 3.8) is 0 Å². The molecule has 0 aliphatic heterocycles. The van der Waals surface area contributed by atoms with E-state index >= 15 is 0 Å². The maximum atomic E-state index is 12.6. The van der Waals surface area contributed by atoms with Crippen molar-refractivity contribution in [3.05, 3.63) is 54.4 Å². The van der Waals surface area contributed by atoms with Gasteiger partial charge in [0.1, 0.15) is 5.54 Å². The first-order valence-corrected chi connectivity index (χ1v) is 11.6. The highest BCUT2D eigenvalue weighted by Gasteiger charge is 2.30. The van der Waals surface area contributed by atoms with Gasteiger partial charge in [-0.2, -0.15) is 5.26 Å². The number of rotatable bonds is 8. The van der Waals surface area contributed by atoms with Crippen LogP contribution in [-0.4, -0.2) is 36.9 Å². The highest BCUT2D eigenvalue weighted by atomic mass is 32.2. The number of para-hydroxylation sites is 1. The van der Waals surface area contributed by atoms with E-state index in [4.69, 9.17) is 0 Å². The summed E-state index contributed by atoms with van der Waals surface area (Å²) in [7, 11) is 0. The maximum Gasteiger partial charge on any atom is 0.231 e. The highest BCUT2D eigenvalue weighted by molar-refractivity contribution is 7.99. The Morgan fingerprint density at radius 1 is 1.19 bits per heavy atom. The summed E-state index contributed by atoms with van der Waals surface area (Å²) in [4.78, 5) is 16.9. The molecule has 0 fully saturated rings. The molecule has 0 unspecified atom stereocenters. The molecule has 3 rings (SSSR count). The number of nitrogens with one attached hydrogen (secondary N) is 1. The molecule has 1 amide bonds. The molecule has 32 heavy (non-hydrogen) atoms. The van der Waals surface area contributed by atoms with Crippen LogP contribution in [0.5, 0.6) is 0 Å².